The second kappa shape index (κ2) is 5.26. The van der Waals surface area contributed by atoms with Crippen molar-refractivity contribution in [2.45, 2.75) is 52.0 Å². The number of rotatable bonds is 5. The van der Waals surface area contributed by atoms with Crippen LogP contribution in [0.15, 0.2) is 0 Å². The van der Waals surface area contributed by atoms with E-state index in [4.69, 9.17) is 10.8 Å². The molecular formula is C13H24N2O3. The second-order valence-corrected chi connectivity index (χ2v) is 6.52. The van der Waals surface area contributed by atoms with Gasteiger partial charge in [-0.15, -0.1) is 0 Å². The van der Waals surface area contributed by atoms with Crippen molar-refractivity contribution in [3.63, 3.8) is 0 Å². The van der Waals surface area contributed by atoms with Gasteiger partial charge in [0.1, 0.15) is 0 Å². The van der Waals surface area contributed by atoms with Crippen molar-refractivity contribution in [3.05, 3.63) is 0 Å². The number of nitrogens with two attached hydrogens (primary N) is 1. The van der Waals surface area contributed by atoms with Crippen molar-refractivity contribution < 1.29 is 14.7 Å². The summed E-state index contributed by atoms with van der Waals surface area (Å²) in [5, 5.41) is 11.8. The highest BCUT2D eigenvalue weighted by molar-refractivity contribution is 5.87. The maximum Gasteiger partial charge on any atom is 0.308 e. The molecule has 0 aromatic carbocycles. The molecule has 0 aromatic rings. The Morgan fingerprint density at radius 2 is 1.94 bits per heavy atom. The molecule has 1 rings (SSSR count). The maximum absolute atomic E-state index is 11.8. The van der Waals surface area contributed by atoms with Gasteiger partial charge in [0.05, 0.1) is 11.5 Å². The van der Waals surface area contributed by atoms with Crippen molar-refractivity contribution in [1.82, 2.24) is 5.32 Å². The van der Waals surface area contributed by atoms with Crippen LogP contribution in [-0.2, 0) is 9.59 Å². The number of amides is 1. The smallest absolute Gasteiger partial charge is 0.308 e. The Bertz CT molecular complexity index is 330. The third kappa shape index (κ3) is 3.98. The molecule has 4 N–H and O–H groups in total. The van der Waals surface area contributed by atoms with Gasteiger partial charge in [-0.25, -0.2) is 0 Å². The zero-order chi connectivity index (χ0) is 14.0. The Hall–Kier alpha value is -1.10. The lowest BCUT2D eigenvalue weighted by molar-refractivity contribution is -0.143. The predicted molar refractivity (Wildman–Crippen MR) is 69.0 cm³/mol. The predicted octanol–water partition coefficient (Wildman–Crippen LogP) is 1.12. The van der Waals surface area contributed by atoms with Gasteiger partial charge in [-0.05, 0) is 31.1 Å². The monoisotopic (exact) mass is 256 g/mol. The van der Waals surface area contributed by atoms with E-state index < -0.39 is 17.4 Å². The number of nitrogens with one attached hydrogen (secondary N) is 1. The summed E-state index contributed by atoms with van der Waals surface area (Å²) in [5.41, 5.74) is 5.04. The Labute approximate surface area is 108 Å². The molecule has 104 valence electrons. The molecule has 5 heteroatoms. The SMILES string of the molecule is CC(C)(C)CC(CNC(=O)C1(N)CCC1)C(=O)O. The van der Waals surface area contributed by atoms with Gasteiger partial charge < -0.3 is 16.2 Å². The first-order valence-electron chi connectivity index (χ1n) is 6.44. The van der Waals surface area contributed by atoms with Crippen LogP contribution in [0.2, 0.25) is 0 Å². The van der Waals surface area contributed by atoms with E-state index in [1.165, 1.54) is 0 Å². The molecule has 1 amide bonds. The summed E-state index contributed by atoms with van der Waals surface area (Å²) in [5.74, 6) is -1.64. The highest BCUT2D eigenvalue weighted by Crippen LogP contribution is 2.29. The molecule has 1 saturated carbocycles. The van der Waals surface area contributed by atoms with Crippen molar-refractivity contribution in [3.8, 4) is 0 Å². The number of carboxylic acid groups (broad SMARTS) is 1. The summed E-state index contributed by atoms with van der Waals surface area (Å²) in [7, 11) is 0. The van der Waals surface area contributed by atoms with Crippen molar-refractivity contribution >= 4 is 11.9 Å². The van der Waals surface area contributed by atoms with E-state index in [9.17, 15) is 9.59 Å². The van der Waals surface area contributed by atoms with Gasteiger partial charge in [-0.1, -0.05) is 20.8 Å². The molecule has 0 aromatic heterocycles. The first kappa shape index (κ1) is 15.0. The van der Waals surface area contributed by atoms with Crippen LogP contribution < -0.4 is 11.1 Å². The maximum atomic E-state index is 11.8. The third-order valence-electron chi connectivity index (χ3n) is 3.42. The van der Waals surface area contributed by atoms with Crippen LogP contribution in [0.25, 0.3) is 0 Å². The summed E-state index contributed by atoms with van der Waals surface area (Å²) in [6.07, 6.45) is 2.88. The van der Waals surface area contributed by atoms with Gasteiger partial charge in [-0.3, -0.25) is 9.59 Å². The van der Waals surface area contributed by atoms with E-state index in [0.717, 1.165) is 6.42 Å². The molecule has 1 aliphatic carbocycles. The zero-order valence-electron chi connectivity index (χ0n) is 11.5. The summed E-state index contributed by atoms with van der Waals surface area (Å²) in [6.45, 7) is 6.12. The number of carbonyl (C=O) groups is 2. The van der Waals surface area contributed by atoms with Crippen LogP contribution in [0.3, 0.4) is 0 Å². The molecule has 0 spiro atoms. The average Bonchev–Trinajstić information content (AvgIpc) is 2.18. The Balaban J connectivity index is 2.47. The van der Waals surface area contributed by atoms with E-state index >= 15 is 0 Å². The van der Waals surface area contributed by atoms with Crippen LogP contribution in [0.1, 0.15) is 46.5 Å². The van der Waals surface area contributed by atoms with E-state index in [0.29, 0.717) is 19.3 Å². The summed E-state index contributed by atoms with van der Waals surface area (Å²) in [4.78, 5) is 23.0. The van der Waals surface area contributed by atoms with Gasteiger partial charge in [0, 0.05) is 6.54 Å². The minimum Gasteiger partial charge on any atom is -0.481 e. The van der Waals surface area contributed by atoms with Crippen LogP contribution in [0.4, 0.5) is 0 Å². The molecule has 1 aliphatic rings. The first-order valence-corrected chi connectivity index (χ1v) is 6.44. The van der Waals surface area contributed by atoms with Gasteiger partial charge in [0.2, 0.25) is 5.91 Å². The molecule has 1 fully saturated rings. The number of aliphatic carboxylic acids is 1. The van der Waals surface area contributed by atoms with Crippen molar-refractivity contribution in [2.24, 2.45) is 17.1 Å². The van der Waals surface area contributed by atoms with Gasteiger partial charge >= 0.3 is 5.97 Å². The molecule has 0 radical (unpaired) electrons. The minimum absolute atomic E-state index is 0.0787. The van der Waals surface area contributed by atoms with Gasteiger partial charge in [0.25, 0.3) is 0 Å². The molecule has 0 heterocycles. The Morgan fingerprint density at radius 1 is 1.39 bits per heavy atom. The first-order chi connectivity index (χ1) is 8.14. The molecular weight excluding hydrogens is 232 g/mol. The lowest BCUT2D eigenvalue weighted by atomic mass is 9.77. The zero-order valence-corrected chi connectivity index (χ0v) is 11.5. The topological polar surface area (TPSA) is 92.4 Å². The van der Waals surface area contributed by atoms with E-state index in [1.807, 2.05) is 20.8 Å². The number of carboxylic acids is 1. The Kier molecular flexibility index (Phi) is 4.37. The number of carbonyl (C=O) groups excluding carboxylic acids is 1. The lowest BCUT2D eigenvalue weighted by Gasteiger charge is -2.36. The molecule has 5 nitrogen and oxygen atoms in total. The van der Waals surface area contributed by atoms with Crippen LogP contribution >= 0.6 is 0 Å². The fraction of sp³-hybridized carbons (Fsp3) is 0.846. The highest BCUT2D eigenvalue weighted by Gasteiger charge is 2.40. The third-order valence-corrected chi connectivity index (χ3v) is 3.42. The molecule has 1 atom stereocenters. The summed E-state index contributed by atoms with van der Waals surface area (Å²) in [6, 6.07) is 0. The van der Waals surface area contributed by atoms with Crippen LogP contribution in [0.5, 0.6) is 0 Å². The quantitative estimate of drug-likeness (QED) is 0.687. The normalized spacial score (nSPS) is 19.8. The van der Waals surface area contributed by atoms with E-state index in [2.05, 4.69) is 5.32 Å². The lowest BCUT2D eigenvalue weighted by Crippen LogP contribution is -2.59. The average molecular weight is 256 g/mol. The molecule has 0 aliphatic heterocycles. The van der Waals surface area contributed by atoms with E-state index in [1.54, 1.807) is 0 Å². The summed E-state index contributed by atoms with van der Waals surface area (Å²) < 4.78 is 0. The molecule has 1 unspecified atom stereocenters. The second-order valence-electron chi connectivity index (χ2n) is 6.52. The fourth-order valence-corrected chi connectivity index (χ4v) is 2.16. The van der Waals surface area contributed by atoms with Gasteiger partial charge in [0.15, 0.2) is 0 Å². The largest absolute Gasteiger partial charge is 0.481 e. The van der Waals surface area contributed by atoms with Gasteiger partial charge in [-0.2, -0.15) is 0 Å². The summed E-state index contributed by atoms with van der Waals surface area (Å²) >= 11 is 0. The van der Waals surface area contributed by atoms with Crippen molar-refractivity contribution in [2.75, 3.05) is 6.54 Å². The standard InChI is InChI=1S/C13H24N2O3/c1-12(2,3)7-9(10(16)17)8-15-11(18)13(14)5-4-6-13/h9H,4-8,14H2,1-3H3,(H,15,18)(H,16,17). The number of hydrogen-bond donors (Lipinski definition) is 3. The Morgan fingerprint density at radius 3 is 2.28 bits per heavy atom. The van der Waals surface area contributed by atoms with Crippen LogP contribution in [0, 0.1) is 11.3 Å². The molecule has 0 saturated heterocycles. The highest BCUT2D eigenvalue weighted by atomic mass is 16.4. The van der Waals surface area contributed by atoms with E-state index in [-0.39, 0.29) is 17.9 Å². The fourth-order valence-electron chi connectivity index (χ4n) is 2.16. The van der Waals surface area contributed by atoms with Crippen molar-refractivity contribution in [1.29, 1.82) is 0 Å². The number of hydrogen-bond acceptors (Lipinski definition) is 3. The molecule has 18 heavy (non-hydrogen) atoms. The van der Waals surface area contributed by atoms with Crippen LogP contribution in [-0.4, -0.2) is 29.1 Å². The minimum atomic E-state index is -0.870. The molecule has 0 bridgehead atoms.